The fourth-order valence-corrected chi connectivity index (χ4v) is 3.06. The molecule has 1 aromatic carbocycles. The Hall–Kier alpha value is -2.25. The maximum absolute atomic E-state index is 12.5. The molecule has 0 spiro atoms. The topological polar surface area (TPSA) is 95.9 Å². The van der Waals surface area contributed by atoms with Gasteiger partial charge in [-0.25, -0.2) is 9.59 Å². The van der Waals surface area contributed by atoms with Crippen LogP contribution in [0.3, 0.4) is 0 Å². The zero-order chi connectivity index (χ0) is 19.4. The van der Waals surface area contributed by atoms with Gasteiger partial charge in [0.05, 0.1) is 28.8 Å². The molecule has 1 aliphatic rings. The minimum absolute atomic E-state index is 0.0825. The van der Waals surface area contributed by atoms with Crippen LogP contribution in [0.5, 0.6) is 0 Å². The Morgan fingerprint density at radius 2 is 2.00 bits per heavy atom. The number of amides is 2. The SMILES string of the molecule is COC(=O)C1=C(C)N(CCCC(=O)O)C(=O)N[C@H]1c1ccc(Cl)c(Cl)c1. The Balaban J connectivity index is 2.41. The second kappa shape index (κ2) is 8.42. The van der Waals surface area contributed by atoms with E-state index < -0.39 is 24.0 Å². The van der Waals surface area contributed by atoms with Crippen molar-refractivity contribution in [2.75, 3.05) is 13.7 Å². The number of carbonyl (C=O) groups excluding carboxylic acids is 2. The van der Waals surface area contributed by atoms with Crippen LogP contribution in [0.25, 0.3) is 0 Å². The van der Waals surface area contributed by atoms with Gasteiger partial charge in [-0.15, -0.1) is 0 Å². The predicted molar refractivity (Wildman–Crippen MR) is 96.0 cm³/mol. The van der Waals surface area contributed by atoms with Gasteiger partial charge in [0.1, 0.15) is 0 Å². The van der Waals surface area contributed by atoms with Gasteiger partial charge in [0.2, 0.25) is 0 Å². The number of rotatable bonds is 6. The van der Waals surface area contributed by atoms with E-state index in [2.05, 4.69) is 5.32 Å². The fourth-order valence-electron chi connectivity index (χ4n) is 2.76. The molecule has 0 unspecified atom stereocenters. The van der Waals surface area contributed by atoms with Crippen LogP contribution in [-0.2, 0) is 14.3 Å². The van der Waals surface area contributed by atoms with Crippen molar-refractivity contribution in [3.8, 4) is 0 Å². The molecule has 0 saturated heterocycles. The average Bonchev–Trinajstić information content (AvgIpc) is 2.58. The number of carbonyl (C=O) groups is 3. The molecule has 7 nitrogen and oxygen atoms in total. The number of esters is 1. The van der Waals surface area contributed by atoms with E-state index >= 15 is 0 Å². The zero-order valence-electron chi connectivity index (χ0n) is 14.2. The lowest BCUT2D eigenvalue weighted by molar-refractivity contribution is -0.138. The van der Waals surface area contributed by atoms with Gasteiger partial charge < -0.3 is 15.2 Å². The molecule has 0 bridgehead atoms. The summed E-state index contributed by atoms with van der Waals surface area (Å²) in [5, 5.41) is 12.2. The number of nitrogens with one attached hydrogen (secondary N) is 1. The van der Waals surface area contributed by atoms with Crippen molar-refractivity contribution in [2.45, 2.75) is 25.8 Å². The summed E-state index contributed by atoms with van der Waals surface area (Å²) in [4.78, 5) is 36.9. The number of ether oxygens (including phenoxy) is 1. The molecule has 140 valence electrons. The standard InChI is InChI=1S/C17H18Cl2N2O5/c1-9-14(16(24)26-2)15(10-5-6-11(18)12(19)8-10)20-17(25)21(9)7-3-4-13(22)23/h5-6,8,15H,3-4,7H2,1-2H3,(H,20,25)(H,22,23)/t15-/m0/s1. The van der Waals surface area contributed by atoms with Gasteiger partial charge >= 0.3 is 18.0 Å². The van der Waals surface area contributed by atoms with Gasteiger partial charge in [0.15, 0.2) is 0 Å². The van der Waals surface area contributed by atoms with E-state index in [0.29, 0.717) is 21.3 Å². The number of methoxy groups -OCH3 is 1. The van der Waals surface area contributed by atoms with Gasteiger partial charge in [-0.1, -0.05) is 29.3 Å². The Morgan fingerprint density at radius 3 is 2.58 bits per heavy atom. The smallest absolute Gasteiger partial charge is 0.337 e. The van der Waals surface area contributed by atoms with Gasteiger partial charge in [0.25, 0.3) is 0 Å². The molecule has 26 heavy (non-hydrogen) atoms. The molecular formula is C17H18Cl2N2O5. The number of carboxylic acids is 1. The summed E-state index contributed by atoms with van der Waals surface area (Å²) in [7, 11) is 1.25. The summed E-state index contributed by atoms with van der Waals surface area (Å²) in [5.41, 5.74) is 1.24. The molecule has 1 heterocycles. The van der Waals surface area contributed by atoms with Gasteiger partial charge in [-0.05, 0) is 31.0 Å². The number of benzene rings is 1. The van der Waals surface area contributed by atoms with Crippen molar-refractivity contribution >= 4 is 41.2 Å². The van der Waals surface area contributed by atoms with Crippen LogP contribution in [-0.4, -0.2) is 41.6 Å². The molecule has 0 fully saturated rings. The molecule has 2 amide bonds. The molecule has 0 saturated carbocycles. The molecule has 0 aliphatic carbocycles. The zero-order valence-corrected chi connectivity index (χ0v) is 15.7. The highest BCUT2D eigenvalue weighted by molar-refractivity contribution is 6.42. The van der Waals surface area contributed by atoms with Crippen molar-refractivity contribution < 1.29 is 24.2 Å². The maximum atomic E-state index is 12.5. The van der Waals surface area contributed by atoms with Crippen LogP contribution in [0.1, 0.15) is 31.4 Å². The molecule has 1 aliphatic heterocycles. The molecule has 9 heteroatoms. The number of halogens is 2. The van der Waals surface area contributed by atoms with Crippen molar-refractivity contribution in [3.05, 3.63) is 45.1 Å². The first kappa shape index (κ1) is 20.1. The van der Waals surface area contributed by atoms with Crippen LogP contribution in [0, 0.1) is 0 Å². The van der Waals surface area contributed by atoms with Crippen molar-refractivity contribution in [1.82, 2.24) is 10.2 Å². The minimum atomic E-state index is -0.953. The monoisotopic (exact) mass is 400 g/mol. The van der Waals surface area contributed by atoms with Crippen LogP contribution < -0.4 is 5.32 Å². The maximum Gasteiger partial charge on any atom is 0.337 e. The van der Waals surface area contributed by atoms with E-state index in [1.807, 2.05) is 0 Å². The number of urea groups is 1. The summed E-state index contributed by atoms with van der Waals surface area (Å²) in [6, 6.07) is 3.63. The third kappa shape index (κ3) is 4.28. The van der Waals surface area contributed by atoms with E-state index in [0.717, 1.165) is 0 Å². The molecule has 1 atom stereocenters. The van der Waals surface area contributed by atoms with Crippen LogP contribution in [0.4, 0.5) is 4.79 Å². The number of carboxylic acid groups (broad SMARTS) is 1. The predicted octanol–water partition coefficient (Wildman–Crippen LogP) is 3.37. The van der Waals surface area contributed by atoms with E-state index in [1.54, 1.807) is 25.1 Å². The number of aliphatic carboxylic acids is 1. The third-order valence-electron chi connectivity index (χ3n) is 4.05. The average molecular weight is 401 g/mol. The van der Waals surface area contributed by atoms with Crippen molar-refractivity contribution in [1.29, 1.82) is 0 Å². The van der Waals surface area contributed by atoms with Crippen molar-refractivity contribution in [3.63, 3.8) is 0 Å². The summed E-state index contributed by atoms with van der Waals surface area (Å²) >= 11 is 12.0. The molecule has 0 radical (unpaired) electrons. The highest BCUT2D eigenvalue weighted by Gasteiger charge is 2.36. The Morgan fingerprint density at radius 1 is 1.31 bits per heavy atom. The number of allylic oxidation sites excluding steroid dienone is 1. The fraction of sp³-hybridized carbons (Fsp3) is 0.353. The highest BCUT2D eigenvalue weighted by Crippen LogP contribution is 2.34. The lowest BCUT2D eigenvalue weighted by Crippen LogP contribution is -2.48. The Bertz CT molecular complexity index is 778. The number of hydrogen-bond acceptors (Lipinski definition) is 4. The summed E-state index contributed by atoms with van der Waals surface area (Å²) in [6.07, 6.45) is 0.173. The first-order chi connectivity index (χ1) is 12.3. The lowest BCUT2D eigenvalue weighted by Gasteiger charge is -2.35. The number of hydrogen-bond donors (Lipinski definition) is 2. The Labute approximate surface area is 160 Å². The molecule has 2 rings (SSSR count). The molecule has 1 aromatic rings. The van der Waals surface area contributed by atoms with E-state index in [4.69, 9.17) is 33.0 Å². The molecule has 2 N–H and O–H groups in total. The quantitative estimate of drug-likeness (QED) is 0.713. The third-order valence-corrected chi connectivity index (χ3v) is 4.79. The van der Waals surface area contributed by atoms with Gasteiger partial charge in [0, 0.05) is 18.7 Å². The summed E-state index contributed by atoms with van der Waals surface area (Å²) < 4.78 is 4.86. The van der Waals surface area contributed by atoms with E-state index in [-0.39, 0.29) is 25.0 Å². The first-order valence-corrected chi connectivity index (χ1v) is 8.55. The number of nitrogens with zero attached hydrogens (tertiary/aromatic N) is 1. The second-order valence-electron chi connectivity index (χ2n) is 5.70. The Kier molecular flexibility index (Phi) is 6.50. The first-order valence-electron chi connectivity index (χ1n) is 7.80. The van der Waals surface area contributed by atoms with Crippen LogP contribution in [0.2, 0.25) is 10.0 Å². The normalized spacial score (nSPS) is 17.2. The molecular weight excluding hydrogens is 383 g/mol. The van der Waals surface area contributed by atoms with Crippen LogP contribution >= 0.6 is 23.2 Å². The molecule has 0 aromatic heterocycles. The van der Waals surface area contributed by atoms with Gasteiger partial charge in [-0.2, -0.15) is 0 Å². The van der Waals surface area contributed by atoms with E-state index in [1.165, 1.54) is 12.0 Å². The summed E-state index contributed by atoms with van der Waals surface area (Å²) in [6.45, 7) is 1.79. The second-order valence-corrected chi connectivity index (χ2v) is 6.51. The highest BCUT2D eigenvalue weighted by atomic mass is 35.5. The lowest BCUT2D eigenvalue weighted by atomic mass is 9.95. The largest absolute Gasteiger partial charge is 0.481 e. The van der Waals surface area contributed by atoms with E-state index in [9.17, 15) is 14.4 Å². The van der Waals surface area contributed by atoms with Gasteiger partial charge in [-0.3, -0.25) is 9.69 Å². The van der Waals surface area contributed by atoms with Crippen molar-refractivity contribution in [2.24, 2.45) is 0 Å². The minimum Gasteiger partial charge on any atom is -0.481 e. The summed E-state index contributed by atoms with van der Waals surface area (Å²) in [5.74, 6) is -1.55. The van der Waals surface area contributed by atoms with Crippen LogP contribution in [0.15, 0.2) is 29.5 Å².